The minimum Gasteiger partial charge on any atom is -0.368 e. The molecule has 1 saturated heterocycles. The maximum atomic E-state index is 4.13. The highest BCUT2D eigenvalue weighted by molar-refractivity contribution is 5.43. The van der Waals surface area contributed by atoms with E-state index in [9.17, 15) is 0 Å². The largest absolute Gasteiger partial charge is 0.368 e. The molecule has 1 aliphatic rings. The first-order valence-corrected chi connectivity index (χ1v) is 6.27. The molecule has 96 valence electrons. The van der Waals surface area contributed by atoms with Crippen LogP contribution in [-0.4, -0.2) is 56.6 Å². The summed E-state index contributed by atoms with van der Waals surface area (Å²) < 4.78 is 1.68. The van der Waals surface area contributed by atoms with E-state index in [-0.39, 0.29) is 0 Å². The van der Waals surface area contributed by atoms with Crippen LogP contribution in [0.25, 0.3) is 5.65 Å². The van der Waals surface area contributed by atoms with Crippen LogP contribution in [0, 0.1) is 5.92 Å². The number of rotatable bonds is 3. The third-order valence-corrected chi connectivity index (χ3v) is 3.52. The molecule has 2 aromatic heterocycles. The van der Waals surface area contributed by atoms with Crippen LogP contribution in [0.1, 0.15) is 12.8 Å². The van der Waals surface area contributed by atoms with Crippen molar-refractivity contribution < 1.29 is 0 Å². The predicted octanol–water partition coefficient (Wildman–Crippen LogP) is 0.273. The van der Waals surface area contributed by atoms with E-state index in [1.165, 1.54) is 25.9 Å². The molecule has 0 aromatic carbocycles. The van der Waals surface area contributed by atoms with Gasteiger partial charge in [-0.05, 0) is 49.3 Å². The van der Waals surface area contributed by atoms with Gasteiger partial charge >= 0.3 is 0 Å². The molecule has 0 unspecified atom stereocenters. The quantitative estimate of drug-likeness (QED) is 0.839. The summed E-state index contributed by atoms with van der Waals surface area (Å²) in [4.78, 5) is 6.50. The SMILES string of the molecule is CN1CCC(CNc2cncc3nnnn23)CC1. The highest BCUT2D eigenvalue weighted by Crippen LogP contribution is 2.16. The first-order chi connectivity index (χ1) is 8.83. The molecule has 18 heavy (non-hydrogen) atoms. The van der Waals surface area contributed by atoms with Gasteiger partial charge < -0.3 is 10.2 Å². The van der Waals surface area contributed by atoms with Crippen molar-refractivity contribution in [3.63, 3.8) is 0 Å². The third-order valence-electron chi connectivity index (χ3n) is 3.52. The number of hydrogen-bond acceptors (Lipinski definition) is 6. The summed E-state index contributed by atoms with van der Waals surface area (Å²) in [5, 5.41) is 14.9. The van der Waals surface area contributed by atoms with Crippen molar-refractivity contribution in [2.75, 3.05) is 32.0 Å². The Morgan fingerprint density at radius 1 is 1.33 bits per heavy atom. The minimum atomic E-state index is 0.670. The van der Waals surface area contributed by atoms with Gasteiger partial charge in [0.2, 0.25) is 0 Å². The molecule has 0 radical (unpaired) electrons. The van der Waals surface area contributed by atoms with Crippen molar-refractivity contribution in [2.45, 2.75) is 12.8 Å². The molecule has 0 amide bonds. The highest BCUT2D eigenvalue weighted by Gasteiger charge is 2.16. The maximum Gasteiger partial charge on any atom is 0.199 e. The normalized spacial score (nSPS) is 18.3. The molecule has 1 N–H and O–H groups in total. The van der Waals surface area contributed by atoms with Gasteiger partial charge in [-0.1, -0.05) is 0 Å². The molecule has 2 aromatic rings. The number of piperidine rings is 1. The lowest BCUT2D eigenvalue weighted by Crippen LogP contribution is -2.33. The highest BCUT2D eigenvalue weighted by atomic mass is 15.5. The van der Waals surface area contributed by atoms with Crippen molar-refractivity contribution in [3.8, 4) is 0 Å². The van der Waals surface area contributed by atoms with Crippen molar-refractivity contribution in [1.82, 2.24) is 29.9 Å². The lowest BCUT2D eigenvalue weighted by atomic mass is 9.97. The molecule has 3 rings (SSSR count). The second-order valence-corrected chi connectivity index (χ2v) is 4.87. The Morgan fingerprint density at radius 2 is 2.17 bits per heavy atom. The second-order valence-electron chi connectivity index (χ2n) is 4.87. The third kappa shape index (κ3) is 2.26. The second kappa shape index (κ2) is 4.85. The Hall–Kier alpha value is -1.76. The molecule has 7 nitrogen and oxygen atoms in total. The summed E-state index contributed by atoms with van der Waals surface area (Å²) >= 11 is 0. The molecule has 3 heterocycles. The number of likely N-dealkylation sites (tertiary alicyclic amines) is 1. The summed E-state index contributed by atoms with van der Waals surface area (Å²) in [5.74, 6) is 1.57. The van der Waals surface area contributed by atoms with E-state index in [4.69, 9.17) is 0 Å². The summed E-state index contributed by atoms with van der Waals surface area (Å²) in [6.07, 6.45) is 5.89. The van der Waals surface area contributed by atoms with Gasteiger partial charge in [0.15, 0.2) is 5.65 Å². The first kappa shape index (κ1) is 11.3. The summed E-state index contributed by atoms with van der Waals surface area (Å²) in [6, 6.07) is 0. The maximum absolute atomic E-state index is 4.13. The van der Waals surface area contributed by atoms with Crippen LogP contribution < -0.4 is 5.32 Å². The average Bonchev–Trinajstić information content (AvgIpc) is 2.87. The Balaban J connectivity index is 1.64. The van der Waals surface area contributed by atoms with Crippen LogP contribution in [0.5, 0.6) is 0 Å². The van der Waals surface area contributed by atoms with Gasteiger partial charge in [0.05, 0.1) is 12.4 Å². The van der Waals surface area contributed by atoms with Crippen molar-refractivity contribution in [1.29, 1.82) is 0 Å². The molecule has 0 bridgehead atoms. The van der Waals surface area contributed by atoms with Gasteiger partial charge in [0, 0.05) is 6.54 Å². The fourth-order valence-electron chi connectivity index (χ4n) is 2.31. The van der Waals surface area contributed by atoms with E-state index in [0.29, 0.717) is 11.6 Å². The van der Waals surface area contributed by atoms with Crippen LogP contribution in [0.4, 0.5) is 5.82 Å². The molecule has 0 saturated carbocycles. The zero-order valence-corrected chi connectivity index (χ0v) is 10.5. The predicted molar refractivity (Wildman–Crippen MR) is 67.3 cm³/mol. The number of hydrogen-bond donors (Lipinski definition) is 1. The smallest absolute Gasteiger partial charge is 0.199 e. The molecule has 0 atom stereocenters. The topological polar surface area (TPSA) is 71.2 Å². The fourth-order valence-corrected chi connectivity index (χ4v) is 2.31. The summed E-state index contributed by atoms with van der Waals surface area (Å²) in [7, 11) is 2.18. The number of nitrogens with zero attached hydrogens (tertiary/aromatic N) is 6. The molecule has 0 spiro atoms. The van der Waals surface area contributed by atoms with Gasteiger partial charge in [-0.2, -0.15) is 4.52 Å². The lowest BCUT2D eigenvalue weighted by molar-refractivity contribution is 0.226. The average molecular weight is 247 g/mol. The van der Waals surface area contributed by atoms with E-state index >= 15 is 0 Å². The monoisotopic (exact) mass is 247 g/mol. The van der Waals surface area contributed by atoms with Crippen LogP contribution in [-0.2, 0) is 0 Å². The van der Waals surface area contributed by atoms with Gasteiger partial charge in [-0.3, -0.25) is 4.98 Å². The zero-order chi connectivity index (χ0) is 12.4. The van der Waals surface area contributed by atoms with Crippen molar-refractivity contribution in [3.05, 3.63) is 12.4 Å². The van der Waals surface area contributed by atoms with Crippen LogP contribution in [0.15, 0.2) is 12.4 Å². The zero-order valence-electron chi connectivity index (χ0n) is 10.5. The molecule has 0 aliphatic carbocycles. The number of tetrazole rings is 1. The van der Waals surface area contributed by atoms with Crippen molar-refractivity contribution in [2.24, 2.45) is 5.92 Å². The number of nitrogens with one attached hydrogen (secondary N) is 1. The fraction of sp³-hybridized carbons (Fsp3) is 0.636. The standard InChI is InChI=1S/C11H17N7/c1-17-4-2-9(3-5-17)6-13-10-7-12-8-11-14-15-16-18(10)11/h7-9,13H,2-6H2,1H3. The number of anilines is 1. The van der Waals surface area contributed by atoms with Crippen molar-refractivity contribution >= 4 is 11.5 Å². The summed E-state index contributed by atoms with van der Waals surface area (Å²) in [6.45, 7) is 3.31. The van der Waals surface area contributed by atoms with E-state index in [1.54, 1.807) is 16.9 Å². The molecule has 1 fully saturated rings. The van der Waals surface area contributed by atoms with E-state index in [1.807, 2.05) is 0 Å². The summed E-state index contributed by atoms with van der Waals surface area (Å²) in [5.41, 5.74) is 0.670. The molecular weight excluding hydrogens is 230 g/mol. The van der Waals surface area contributed by atoms with Gasteiger partial charge in [0.25, 0.3) is 0 Å². The Kier molecular flexibility index (Phi) is 3.06. The lowest BCUT2D eigenvalue weighted by Gasteiger charge is -2.29. The van der Waals surface area contributed by atoms with E-state index in [0.717, 1.165) is 12.4 Å². The van der Waals surface area contributed by atoms with Gasteiger partial charge in [-0.15, -0.1) is 5.10 Å². The molecule has 1 aliphatic heterocycles. The van der Waals surface area contributed by atoms with E-state index < -0.39 is 0 Å². The van der Waals surface area contributed by atoms with Crippen LogP contribution in [0.3, 0.4) is 0 Å². The number of fused-ring (bicyclic) bond motifs is 1. The molecular formula is C11H17N7. The first-order valence-electron chi connectivity index (χ1n) is 6.27. The van der Waals surface area contributed by atoms with Crippen LogP contribution >= 0.6 is 0 Å². The Bertz CT molecular complexity index is 515. The molecule has 7 heteroatoms. The van der Waals surface area contributed by atoms with E-state index in [2.05, 4.69) is 37.8 Å². The minimum absolute atomic E-state index is 0.670. The van der Waals surface area contributed by atoms with Gasteiger partial charge in [0.1, 0.15) is 5.82 Å². The Labute approximate surface area is 105 Å². The van der Waals surface area contributed by atoms with Crippen LogP contribution in [0.2, 0.25) is 0 Å². The number of aromatic nitrogens is 5. The van der Waals surface area contributed by atoms with Gasteiger partial charge in [-0.25, -0.2) is 0 Å². The Morgan fingerprint density at radius 3 is 3.00 bits per heavy atom.